The Hall–Kier alpha value is -2.20. The van der Waals surface area contributed by atoms with E-state index in [-0.39, 0.29) is 5.97 Å². The highest BCUT2D eigenvalue weighted by molar-refractivity contribution is 7.20. The second-order valence-electron chi connectivity index (χ2n) is 4.41. The first-order valence-electron chi connectivity index (χ1n) is 6.41. The molecule has 0 aliphatic carbocycles. The number of nitrogens with zero attached hydrogens (tertiary/aromatic N) is 1. The molecule has 0 aliphatic heterocycles. The average molecular weight is 283 g/mol. The fourth-order valence-corrected chi connectivity index (χ4v) is 2.77. The molecule has 0 atom stereocenters. The average Bonchev–Trinajstić information content (AvgIpc) is 2.88. The minimum atomic E-state index is -0.243. The number of thiazole rings is 1. The fraction of sp³-hybridized carbons (Fsp3) is 0.125. The number of rotatable bonds is 4. The van der Waals surface area contributed by atoms with Gasteiger partial charge in [0.2, 0.25) is 0 Å². The highest BCUT2D eigenvalue weighted by atomic mass is 32.1. The Balaban J connectivity index is 1.61. The molecule has 1 heterocycles. The molecular formula is C16H13NO2S. The Bertz CT molecular complexity index is 688. The van der Waals surface area contributed by atoms with E-state index in [9.17, 15) is 4.79 Å². The van der Waals surface area contributed by atoms with Crippen LogP contribution in [0.4, 0.5) is 0 Å². The maximum atomic E-state index is 11.8. The van der Waals surface area contributed by atoms with E-state index in [1.807, 2.05) is 54.6 Å². The number of carbonyl (C=O) groups excluding carboxylic acids is 1. The molecule has 0 radical (unpaired) electrons. The number of ether oxygens (including phenoxy) is 1. The molecular weight excluding hydrogens is 270 g/mol. The molecule has 1 aromatic heterocycles. The van der Waals surface area contributed by atoms with Crippen molar-refractivity contribution in [3.05, 3.63) is 60.2 Å². The van der Waals surface area contributed by atoms with Crippen LogP contribution in [-0.2, 0) is 11.2 Å². The molecule has 3 nitrogen and oxygen atoms in total. The van der Waals surface area contributed by atoms with Crippen LogP contribution in [0.1, 0.15) is 12.0 Å². The van der Waals surface area contributed by atoms with Crippen molar-refractivity contribution in [2.75, 3.05) is 0 Å². The Kier molecular flexibility index (Phi) is 3.74. The number of benzene rings is 2. The van der Waals surface area contributed by atoms with Gasteiger partial charge < -0.3 is 4.74 Å². The van der Waals surface area contributed by atoms with E-state index in [4.69, 9.17) is 4.74 Å². The zero-order valence-electron chi connectivity index (χ0n) is 10.8. The van der Waals surface area contributed by atoms with Crippen molar-refractivity contribution in [3.8, 4) is 5.19 Å². The van der Waals surface area contributed by atoms with E-state index >= 15 is 0 Å². The SMILES string of the molecule is O=C(CCc1ccccc1)Oc1nc2ccccc2s1. The van der Waals surface area contributed by atoms with E-state index in [0.29, 0.717) is 18.0 Å². The number of aryl methyl sites for hydroxylation is 1. The minimum Gasteiger partial charge on any atom is -0.398 e. The molecule has 0 saturated carbocycles. The van der Waals surface area contributed by atoms with Gasteiger partial charge in [-0.05, 0) is 24.1 Å². The molecule has 0 aliphatic rings. The zero-order chi connectivity index (χ0) is 13.8. The van der Waals surface area contributed by atoms with Crippen molar-refractivity contribution in [2.45, 2.75) is 12.8 Å². The highest BCUT2D eigenvalue weighted by Crippen LogP contribution is 2.27. The third kappa shape index (κ3) is 3.03. The summed E-state index contributed by atoms with van der Waals surface area (Å²) in [5.41, 5.74) is 2.00. The number of carbonyl (C=O) groups is 1. The summed E-state index contributed by atoms with van der Waals surface area (Å²) in [7, 11) is 0. The van der Waals surface area contributed by atoms with Gasteiger partial charge in [-0.1, -0.05) is 53.8 Å². The molecule has 2 aromatic carbocycles. The second kappa shape index (κ2) is 5.84. The van der Waals surface area contributed by atoms with Gasteiger partial charge in [-0.15, -0.1) is 0 Å². The van der Waals surface area contributed by atoms with E-state index < -0.39 is 0 Å². The minimum absolute atomic E-state index is 0.243. The van der Waals surface area contributed by atoms with Gasteiger partial charge in [0.05, 0.1) is 16.6 Å². The maximum Gasteiger partial charge on any atom is 0.313 e. The van der Waals surface area contributed by atoms with Gasteiger partial charge in [-0.25, -0.2) is 4.98 Å². The van der Waals surface area contributed by atoms with Crippen molar-refractivity contribution in [2.24, 2.45) is 0 Å². The molecule has 20 heavy (non-hydrogen) atoms. The van der Waals surface area contributed by atoms with Gasteiger partial charge in [0.25, 0.3) is 5.19 Å². The largest absolute Gasteiger partial charge is 0.398 e. The predicted octanol–water partition coefficient (Wildman–Crippen LogP) is 3.83. The van der Waals surface area contributed by atoms with Crippen molar-refractivity contribution in [1.82, 2.24) is 4.98 Å². The topological polar surface area (TPSA) is 39.2 Å². The summed E-state index contributed by atoms with van der Waals surface area (Å²) in [5, 5.41) is 0.421. The van der Waals surface area contributed by atoms with Crippen LogP contribution in [0.2, 0.25) is 0 Å². The van der Waals surface area contributed by atoms with Gasteiger partial charge in [0.15, 0.2) is 0 Å². The quantitative estimate of drug-likeness (QED) is 0.683. The number of aromatic nitrogens is 1. The summed E-state index contributed by atoms with van der Waals surface area (Å²) in [6, 6.07) is 17.6. The maximum absolute atomic E-state index is 11.8. The normalized spacial score (nSPS) is 10.6. The third-order valence-corrected chi connectivity index (χ3v) is 3.85. The Labute approximate surface area is 120 Å². The van der Waals surface area contributed by atoms with E-state index in [1.165, 1.54) is 11.3 Å². The summed E-state index contributed by atoms with van der Waals surface area (Å²) in [5.74, 6) is -0.243. The van der Waals surface area contributed by atoms with Gasteiger partial charge in [-0.3, -0.25) is 4.79 Å². The van der Waals surface area contributed by atoms with Gasteiger partial charge >= 0.3 is 5.97 Å². The predicted molar refractivity (Wildman–Crippen MR) is 80.0 cm³/mol. The van der Waals surface area contributed by atoms with Crippen LogP contribution in [0.3, 0.4) is 0 Å². The first kappa shape index (κ1) is 12.8. The van der Waals surface area contributed by atoms with Crippen molar-refractivity contribution in [1.29, 1.82) is 0 Å². The molecule has 4 heteroatoms. The Morgan fingerprint density at radius 1 is 1.05 bits per heavy atom. The van der Waals surface area contributed by atoms with Gasteiger partial charge in [0.1, 0.15) is 0 Å². The molecule has 3 rings (SSSR count). The lowest BCUT2D eigenvalue weighted by atomic mass is 10.1. The Morgan fingerprint density at radius 3 is 2.60 bits per heavy atom. The van der Waals surface area contributed by atoms with Crippen molar-refractivity contribution < 1.29 is 9.53 Å². The Morgan fingerprint density at radius 2 is 1.80 bits per heavy atom. The molecule has 3 aromatic rings. The fourth-order valence-electron chi connectivity index (χ4n) is 1.93. The van der Waals surface area contributed by atoms with Gasteiger partial charge in [0, 0.05) is 0 Å². The molecule has 0 bridgehead atoms. The first-order valence-corrected chi connectivity index (χ1v) is 7.23. The standard InChI is InChI=1S/C16H13NO2S/c18-15(11-10-12-6-2-1-3-7-12)19-16-17-13-8-4-5-9-14(13)20-16/h1-9H,10-11H2. The van der Waals surface area contributed by atoms with Crippen LogP contribution in [0.5, 0.6) is 5.19 Å². The van der Waals surface area contributed by atoms with Crippen LogP contribution in [0, 0.1) is 0 Å². The van der Waals surface area contributed by atoms with Crippen molar-refractivity contribution >= 4 is 27.5 Å². The lowest BCUT2D eigenvalue weighted by molar-refractivity contribution is -0.134. The molecule has 0 amide bonds. The molecule has 100 valence electrons. The third-order valence-electron chi connectivity index (χ3n) is 2.94. The van der Waals surface area contributed by atoms with Crippen LogP contribution in [-0.4, -0.2) is 11.0 Å². The highest BCUT2D eigenvalue weighted by Gasteiger charge is 2.09. The summed E-state index contributed by atoms with van der Waals surface area (Å²) < 4.78 is 6.32. The second-order valence-corrected chi connectivity index (χ2v) is 5.40. The van der Waals surface area contributed by atoms with E-state index in [1.54, 1.807) is 0 Å². The lowest BCUT2D eigenvalue weighted by Crippen LogP contribution is -2.08. The molecule has 0 saturated heterocycles. The number of esters is 1. The van der Waals surface area contributed by atoms with Gasteiger partial charge in [-0.2, -0.15) is 0 Å². The summed E-state index contributed by atoms with van der Waals surface area (Å²) >= 11 is 1.39. The smallest absolute Gasteiger partial charge is 0.313 e. The lowest BCUT2D eigenvalue weighted by Gasteiger charge is -2.00. The molecule has 0 spiro atoms. The monoisotopic (exact) mass is 283 g/mol. The van der Waals surface area contributed by atoms with Crippen LogP contribution in [0.15, 0.2) is 54.6 Å². The number of hydrogen-bond donors (Lipinski definition) is 0. The van der Waals surface area contributed by atoms with Crippen LogP contribution in [0.25, 0.3) is 10.2 Å². The van der Waals surface area contributed by atoms with E-state index in [0.717, 1.165) is 15.8 Å². The first-order chi connectivity index (χ1) is 9.81. The molecule has 0 unspecified atom stereocenters. The summed E-state index contributed by atoms with van der Waals surface area (Å²) in [6.07, 6.45) is 1.05. The number of fused-ring (bicyclic) bond motifs is 1. The van der Waals surface area contributed by atoms with Crippen LogP contribution >= 0.6 is 11.3 Å². The van der Waals surface area contributed by atoms with Crippen molar-refractivity contribution in [3.63, 3.8) is 0 Å². The summed E-state index contributed by atoms with van der Waals surface area (Å²) in [6.45, 7) is 0. The zero-order valence-corrected chi connectivity index (χ0v) is 11.6. The number of para-hydroxylation sites is 1. The summed E-state index contributed by atoms with van der Waals surface area (Å²) in [4.78, 5) is 16.1. The number of hydrogen-bond acceptors (Lipinski definition) is 4. The van der Waals surface area contributed by atoms with E-state index in [2.05, 4.69) is 4.98 Å². The molecule has 0 fully saturated rings. The van der Waals surface area contributed by atoms with Crippen LogP contribution < -0.4 is 4.74 Å². The molecule has 0 N–H and O–H groups in total.